The molecule has 1 heterocycles. The van der Waals surface area contributed by atoms with Gasteiger partial charge in [0.05, 0.1) is 5.02 Å². The highest BCUT2D eigenvalue weighted by Crippen LogP contribution is 2.26. The minimum absolute atomic E-state index is 0.124. The van der Waals surface area contributed by atoms with Gasteiger partial charge in [0, 0.05) is 5.69 Å². The number of nitrogens with zero attached hydrogens (tertiary/aromatic N) is 3. The summed E-state index contributed by atoms with van der Waals surface area (Å²) in [6.07, 6.45) is 0. The quantitative estimate of drug-likeness (QED) is 0.718. The van der Waals surface area contributed by atoms with Gasteiger partial charge in [-0.25, -0.2) is 0 Å². The lowest BCUT2D eigenvalue weighted by atomic mass is 10.2. The number of rotatable bonds is 5. The third kappa shape index (κ3) is 4.58. The highest BCUT2D eigenvalue weighted by atomic mass is 35.5. The van der Waals surface area contributed by atoms with Crippen molar-refractivity contribution in [3.63, 3.8) is 0 Å². The highest BCUT2D eigenvalue weighted by Gasteiger charge is 2.08. The fourth-order valence-electron chi connectivity index (χ4n) is 2.19. The smallest absolute Gasteiger partial charge is 0.232 e. The molecule has 0 unspecified atom stereocenters. The summed E-state index contributed by atoms with van der Waals surface area (Å²) in [5, 5.41) is 3.64. The van der Waals surface area contributed by atoms with Gasteiger partial charge in [0.15, 0.2) is 5.82 Å². The van der Waals surface area contributed by atoms with Crippen molar-refractivity contribution in [3.8, 4) is 5.75 Å². The van der Waals surface area contributed by atoms with Crippen molar-refractivity contribution in [1.29, 1.82) is 0 Å². The third-order valence-corrected chi connectivity index (χ3v) is 3.76. The minimum Gasteiger partial charge on any atom is -0.484 e. The molecule has 0 fully saturated rings. The summed E-state index contributed by atoms with van der Waals surface area (Å²) < 4.78 is 5.71. The van der Waals surface area contributed by atoms with Crippen LogP contribution in [0.25, 0.3) is 0 Å². The number of aryl methyl sites for hydroxylation is 2. The maximum Gasteiger partial charge on any atom is 0.232 e. The maximum absolute atomic E-state index is 6.13. The molecule has 0 saturated carbocycles. The Bertz CT molecular complexity index is 883. The van der Waals surface area contributed by atoms with E-state index in [4.69, 9.17) is 22.1 Å². The summed E-state index contributed by atoms with van der Waals surface area (Å²) in [7, 11) is 0. The van der Waals surface area contributed by atoms with Gasteiger partial charge in [0.25, 0.3) is 0 Å². The second-order valence-electron chi connectivity index (χ2n) is 5.65. The molecule has 0 amide bonds. The number of ether oxygens (including phenoxy) is 1. The average molecular weight is 356 g/mol. The normalized spacial score (nSPS) is 10.5. The Morgan fingerprint density at radius 1 is 1.00 bits per heavy atom. The van der Waals surface area contributed by atoms with Crippen molar-refractivity contribution in [2.24, 2.45) is 0 Å². The molecule has 0 aliphatic carbocycles. The largest absolute Gasteiger partial charge is 0.484 e. The topological polar surface area (TPSA) is 86.0 Å². The van der Waals surface area contributed by atoms with Gasteiger partial charge >= 0.3 is 0 Å². The Morgan fingerprint density at radius 3 is 2.48 bits per heavy atom. The number of nitrogens with two attached hydrogens (primary N) is 1. The molecule has 7 heteroatoms. The number of hydrogen-bond acceptors (Lipinski definition) is 6. The van der Waals surface area contributed by atoms with Gasteiger partial charge in [-0.15, -0.1) is 0 Å². The first kappa shape index (κ1) is 17.0. The highest BCUT2D eigenvalue weighted by molar-refractivity contribution is 6.32. The van der Waals surface area contributed by atoms with Crippen LogP contribution < -0.4 is 15.8 Å². The Balaban J connectivity index is 1.75. The summed E-state index contributed by atoms with van der Waals surface area (Å²) in [5.41, 5.74) is 8.87. The summed E-state index contributed by atoms with van der Waals surface area (Å²) in [6.45, 7) is 4.13. The molecule has 25 heavy (non-hydrogen) atoms. The Labute approximate surface area is 151 Å². The molecule has 3 rings (SSSR count). The predicted octanol–water partition coefficient (Wildman–Crippen LogP) is 4.05. The number of nitrogen functional groups attached to an aromatic ring is 1. The van der Waals surface area contributed by atoms with Crippen molar-refractivity contribution in [2.75, 3.05) is 11.1 Å². The van der Waals surface area contributed by atoms with Crippen LogP contribution in [0.3, 0.4) is 0 Å². The Hall–Kier alpha value is -2.86. The van der Waals surface area contributed by atoms with Crippen LogP contribution in [0.1, 0.15) is 17.0 Å². The van der Waals surface area contributed by atoms with Crippen molar-refractivity contribution in [3.05, 3.63) is 64.4 Å². The van der Waals surface area contributed by atoms with E-state index in [1.165, 1.54) is 5.56 Å². The molecular weight excluding hydrogens is 338 g/mol. The predicted molar refractivity (Wildman–Crippen MR) is 99.2 cm³/mol. The summed E-state index contributed by atoms with van der Waals surface area (Å²) in [4.78, 5) is 12.5. The number of aromatic nitrogens is 3. The van der Waals surface area contributed by atoms with Crippen LogP contribution in [0.5, 0.6) is 5.75 Å². The molecule has 3 N–H and O–H groups in total. The zero-order valence-corrected chi connectivity index (χ0v) is 14.7. The number of benzene rings is 2. The molecule has 0 atom stereocenters. The molecule has 0 bridgehead atoms. The number of hydrogen-bond donors (Lipinski definition) is 2. The fourth-order valence-corrected chi connectivity index (χ4v) is 2.36. The summed E-state index contributed by atoms with van der Waals surface area (Å²) >= 11 is 6.13. The van der Waals surface area contributed by atoms with Crippen LogP contribution in [-0.2, 0) is 6.61 Å². The van der Waals surface area contributed by atoms with E-state index < -0.39 is 0 Å². The SMILES string of the molecule is Cc1ccc(Nc2nc(N)nc(COc3cc(C)ccc3Cl)n2)cc1. The first-order chi connectivity index (χ1) is 12.0. The van der Waals surface area contributed by atoms with Crippen molar-refractivity contribution >= 4 is 29.2 Å². The standard InChI is InChI=1S/C18H18ClN5O/c1-11-3-6-13(7-4-11)21-18-23-16(22-17(20)24-18)10-25-15-9-12(2)5-8-14(15)19/h3-9H,10H2,1-2H3,(H3,20,21,22,23,24). The van der Waals surface area contributed by atoms with Gasteiger partial charge in [0.1, 0.15) is 12.4 Å². The van der Waals surface area contributed by atoms with E-state index in [-0.39, 0.29) is 12.6 Å². The van der Waals surface area contributed by atoms with Gasteiger partial charge in [-0.2, -0.15) is 15.0 Å². The molecule has 3 aromatic rings. The van der Waals surface area contributed by atoms with Crippen LogP contribution in [0.4, 0.5) is 17.6 Å². The molecule has 6 nitrogen and oxygen atoms in total. The van der Waals surface area contributed by atoms with E-state index in [2.05, 4.69) is 20.3 Å². The Morgan fingerprint density at radius 2 is 1.72 bits per heavy atom. The monoisotopic (exact) mass is 355 g/mol. The molecule has 2 aromatic carbocycles. The van der Waals surface area contributed by atoms with Crippen LogP contribution in [-0.4, -0.2) is 15.0 Å². The lowest BCUT2D eigenvalue weighted by Crippen LogP contribution is -2.09. The van der Waals surface area contributed by atoms with Gasteiger partial charge < -0.3 is 15.8 Å². The average Bonchev–Trinajstić information content (AvgIpc) is 2.57. The van der Waals surface area contributed by atoms with Gasteiger partial charge in [-0.1, -0.05) is 35.4 Å². The molecule has 0 saturated heterocycles. The van der Waals surface area contributed by atoms with Crippen molar-refractivity contribution < 1.29 is 4.74 Å². The van der Waals surface area contributed by atoms with Gasteiger partial charge in [-0.05, 0) is 43.7 Å². The molecule has 0 spiro atoms. The zero-order chi connectivity index (χ0) is 17.8. The Kier molecular flexibility index (Phi) is 5.00. The number of nitrogens with one attached hydrogen (secondary N) is 1. The lowest BCUT2D eigenvalue weighted by molar-refractivity contribution is 0.296. The zero-order valence-electron chi connectivity index (χ0n) is 14.0. The van der Waals surface area contributed by atoms with Crippen LogP contribution >= 0.6 is 11.6 Å². The molecule has 0 radical (unpaired) electrons. The van der Waals surface area contributed by atoms with E-state index in [1.807, 2.05) is 50.2 Å². The molecule has 0 aliphatic heterocycles. The number of halogens is 1. The second-order valence-corrected chi connectivity index (χ2v) is 6.05. The van der Waals surface area contributed by atoms with Gasteiger partial charge in [-0.3, -0.25) is 0 Å². The van der Waals surface area contributed by atoms with Crippen LogP contribution in [0.15, 0.2) is 42.5 Å². The van der Waals surface area contributed by atoms with E-state index in [0.717, 1.165) is 11.3 Å². The fraction of sp³-hybridized carbons (Fsp3) is 0.167. The summed E-state index contributed by atoms with van der Waals surface area (Å²) in [6, 6.07) is 13.4. The molecule has 1 aromatic heterocycles. The van der Waals surface area contributed by atoms with E-state index in [0.29, 0.717) is 22.5 Å². The first-order valence-electron chi connectivity index (χ1n) is 7.73. The maximum atomic E-state index is 6.13. The van der Waals surface area contributed by atoms with E-state index in [9.17, 15) is 0 Å². The minimum atomic E-state index is 0.124. The van der Waals surface area contributed by atoms with E-state index in [1.54, 1.807) is 6.07 Å². The molecule has 128 valence electrons. The third-order valence-electron chi connectivity index (χ3n) is 3.45. The van der Waals surface area contributed by atoms with Gasteiger partial charge in [0.2, 0.25) is 11.9 Å². The van der Waals surface area contributed by atoms with Crippen LogP contribution in [0, 0.1) is 13.8 Å². The first-order valence-corrected chi connectivity index (χ1v) is 8.10. The lowest BCUT2D eigenvalue weighted by Gasteiger charge is -2.10. The number of anilines is 3. The van der Waals surface area contributed by atoms with Crippen molar-refractivity contribution in [1.82, 2.24) is 15.0 Å². The van der Waals surface area contributed by atoms with Crippen molar-refractivity contribution in [2.45, 2.75) is 20.5 Å². The van der Waals surface area contributed by atoms with Crippen LogP contribution in [0.2, 0.25) is 5.02 Å². The van der Waals surface area contributed by atoms with E-state index >= 15 is 0 Å². The molecular formula is C18H18ClN5O. The molecule has 0 aliphatic rings. The second kappa shape index (κ2) is 7.36. The summed E-state index contributed by atoms with van der Waals surface area (Å²) in [5.74, 6) is 1.48.